The Bertz CT molecular complexity index is 319. The minimum absolute atomic E-state index is 0.0748. The largest absolute Gasteiger partial charge is 0.347 e. The summed E-state index contributed by atoms with van der Waals surface area (Å²) in [7, 11) is 3.51. The van der Waals surface area contributed by atoms with Crippen molar-refractivity contribution in [1.29, 1.82) is 0 Å². The highest BCUT2D eigenvalue weighted by molar-refractivity contribution is 5.75. The van der Waals surface area contributed by atoms with Gasteiger partial charge in [0.05, 0.1) is 12.0 Å². The fourth-order valence-corrected chi connectivity index (χ4v) is 1.18. The molecule has 0 spiro atoms. The number of nitrogens with zero attached hydrogens (tertiary/aromatic N) is 3. The summed E-state index contributed by atoms with van der Waals surface area (Å²) in [6.45, 7) is 4.06. The van der Waals surface area contributed by atoms with Crippen molar-refractivity contribution in [2.45, 2.75) is 20.0 Å². The van der Waals surface area contributed by atoms with E-state index in [0.717, 1.165) is 18.8 Å². The maximum Gasteiger partial charge on any atom is 0.242 e. The number of nitrogens with one attached hydrogen (secondary N) is 1. The Kier molecular flexibility index (Phi) is 4.30. The maximum absolute atomic E-state index is 11.5. The lowest BCUT2D eigenvalue weighted by Crippen LogP contribution is -2.27. The summed E-state index contributed by atoms with van der Waals surface area (Å²) >= 11 is 0. The fourth-order valence-electron chi connectivity index (χ4n) is 1.18. The summed E-state index contributed by atoms with van der Waals surface area (Å²) in [6.07, 6.45) is 3.47. The fraction of sp³-hybridized carbons (Fsp3) is 0.600. The number of rotatable bonds is 5. The Balaban J connectivity index is 2.60. The first kappa shape index (κ1) is 11.7. The van der Waals surface area contributed by atoms with Crippen molar-refractivity contribution in [3.8, 4) is 0 Å². The third-order valence-electron chi connectivity index (χ3n) is 2.16. The van der Waals surface area contributed by atoms with Crippen molar-refractivity contribution in [3.05, 3.63) is 18.2 Å². The monoisotopic (exact) mass is 210 g/mol. The third-order valence-corrected chi connectivity index (χ3v) is 2.16. The lowest BCUT2D eigenvalue weighted by Gasteiger charge is -2.12. The highest BCUT2D eigenvalue weighted by atomic mass is 16.2. The van der Waals surface area contributed by atoms with Crippen LogP contribution >= 0.6 is 0 Å². The third kappa shape index (κ3) is 3.36. The summed E-state index contributed by atoms with van der Waals surface area (Å²) in [5.74, 6) is 0.0748. The van der Waals surface area contributed by atoms with E-state index in [1.54, 1.807) is 31.5 Å². The molecule has 0 saturated heterocycles. The van der Waals surface area contributed by atoms with Crippen LogP contribution < -0.4 is 5.32 Å². The van der Waals surface area contributed by atoms with Crippen LogP contribution in [0.5, 0.6) is 0 Å². The number of hydrogen-bond acceptors (Lipinski definition) is 3. The Morgan fingerprint density at radius 3 is 2.93 bits per heavy atom. The second-order valence-electron chi connectivity index (χ2n) is 3.58. The summed E-state index contributed by atoms with van der Waals surface area (Å²) in [5, 5.41) is 3.21. The zero-order chi connectivity index (χ0) is 11.3. The molecule has 15 heavy (non-hydrogen) atoms. The van der Waals surface area contributed by atoms with Crippen molar-refractivity contribution >= 4 is 5.91 Å². The van der Waals surface area contributed by atoms with E-state index in [4.69, 9.17) is 0 Å². The molecule has 1 rings (SSSR count). The standard InChI is InChI=1S/C10H18N4O/c1-4-11-5-9-6-12-8-14(9)7-10(15)13(2)3/h6,8,11H,4-5,7H2,1-3H3. The van der Waals surface area contributed by atoms with Crippen LogP contribution in [0, 0.1) is 0 Å². The van der Waals surface area contributed by atoms with Gasteiger partial charge in [0, 0.05) is 26.8 Å². The van der Waals surface area contributed by atoms with Gasteiger partial charge >= 0.3 is 0 Å². The summed E-state index contributed by atoms with van der Waals surface area (Å²) in [6, 6.07) is 0. The molecule has 5 heteroatoms. The number of amides is 1. The molecule has 5 nitrogen and oxygen atoms in total. The van der Waals surface area contributed by atoms with E-state index in [1.165, 1.54) is 0 Å². The van der Waals surface area contributed by atoms with Crippen LogP contribution in [0.25, 0.3) is 0 Å². The van der Waals surface area contributed by atoms with Crippen LogP contribution in [-0.4, -0.2) is 41.0 Å². The van der Waals surface area contributed by atoms with Gasteiger partial charge in [0.25, 0.3) is 0 Å². The van der Waals surface area contributed by atoms with Crippen molar-refractivity contribution in [2.75, 3.05) is 20.6 Å². The topological polar surface area (TPSA) is 50.2 Å². The van der Waals surface area contributed by atoms with Gasteiger partial charge in [0.2, 0.25) is 5.91 Å². The van der Waals surface area contributed by atoms with Crippen molar-refractivity contribution < 1.29 is 4.79 Å². The SMILES string of the molecule is CCNCc1cncn1CC(=O)N(C)C. The Hall–Kier alpha value is -1.36. The van der Waals surface area contributed by atoms with Crippen molar-refractivity contribution in [3.63, 3.8) is 0 Å². The smallest absolute Gasteiger partial charge is 0.242 e. The van der Waals surface area contributed by atoms with E-state index >= 15 is 0 Å². The van der Waals surface area contributed by atoms with Crippen molar-refractivity contribution in [2.24, 2.45) is 0 Å². The van der Waals surface area contributed by atoms with Gasteiger partial charge < -0.3 is 14.8 Å². The molecule has 1 aromatic heterocycles. The zero-order valence-electron chi connectivity index (χ0n) is 9.53. The Morgan fingerprint density at radius 2 is 2.33 bits per heavy atom. The molecule has 0 saturated carbocycles. The molecule has 0 radical (unpaired) electrons. The van der Waals surface area contributed by atoms with E-state index in [2.05, 4.69) is 10.3 Å². The highest BCUT2D eigenvalue weighted by Gasteiger charge is 2.08. The molecular formula is C10H18N4O. The van der Waals surface area contributed by atoms with Gasteiger partial charge in [-0.1, -0.05) is 6.92 Å². The van der Waals surface area contributed by atoms with Gasteiger partial charge in [-0.3, -0.25) is 4.79 Å². The molecule has 0 atom stereocenters. The van der Waals surface area contributed by atoms with Crippen LogP contribution in [0.3, 0.4) is 0 Å². The van der Waals surface area contributed by atoms with E-state index in [0.29, 0.717) is 6.54 Å². The van der Waals surface area contributed by atoms with Gasteiger partial charge in [0.15, 0.2) is 0 Å². The summed E-state index contributed by atoms with van der Waals surface area (Å²) in [4.78, 5) is 17.1. The molecule has 0 aromatic carbocycles. The average molecular weight is 210 g/mol. The second kappa shape index (κ2) is 5.50. The molecule has 0 aliphatic heterocycles. The normalized spacial score (nSPS) is 10.3. The molecular weight excluding hydrogens is 192 g/mol. The lowest BCUT2D eigenvalue weighted by molar-refractivity contribution is -0.129. The molecule has 0 fully saturated rings. The van der Waals surface area contributed by atoms with Crippen molar-refractivity contribution in [1.82, 2.24) is 19.8 Å². The van der Waals surface area contributed by atoms with Gasteiger partial charge in [-0.05, 0) is 6.54 Å². The molecule has 1 aromatic rings. The Labute approximate surface area is 90.1 Å². The molecule has 1 amide bonds. The van der Waals surface area contributed by atoms with E-state index in [9.17, 15) is 4.79 Å². The van der Waals surface area contributed by atoms with Gasteiger partial charge in [0.1, 0.15) is 6.54 Å². The van der Waals surface area contributed by atoms with Crippen LogP contribution in [0.2, 0.25) is 0 Å². The number of hydrogen-bond donors (Lipinski definition) is 1. The zero-order valence-corrected chi connectivity index (χ0v) is 9.53. The van der Waals surface area contributed by atoms with Crippen LogP contribution in [0.4, 0.5) is 0 Å². The minimum atomic E-state index is 0.0748. The predicted octanol–water partition coefficient (Wildman–Crippen LogP) is 0.0808. The number of aromatic nitrogens is 2. The highest BCUT2D eigenvalue weighted by Crippen LogP contribution is 1.99. The Morgan fingerprint density at radius 1 is 1.60 bits per heavy atom. The molecule has 1 heterocycles. The van der Waals surface area contributed by atoms with Gasteiger partial charge in [-0.2, -0.15) is 0 Å². The maximum atomic E-state index is 11.5. The first-order chi connectivity index (χ1) is 7.15. The van der Waals surface area contributed by atoms with Gasteiger partial charge in [-0.15, -0.1) is 0 Å². The van der Waals surface area contributed by atoms with Crippen LogP contribution in [0.1, 0.15) is 12.6 Å². The average Bonchev–Trinajstić information content (AvgIpc) is 2.62. The molecule has 0 aliphatic rings. The summed E-state index contributed by atoms with van der Waals surface area (Å²) < 4.78 is 1.87. The lowest BCUT2D eigenvalue weighted by atomic mass is 10.4. The first-order valence-corrected chi connectivity index (χ1v) is 5.05. The van der Waals surface area contributed by atoms with E-state index in [1.807, 2.05) is 11.5 Å². The molecule has 0 aliphatic carbocycles. The minimum Gasteiger partial charge on any atom is -0.347 e. The number of imidazole rings is 1. The van der Waals surface area contributed by atoms with Gasteiger partial charge in [-0.25, -0.2) is 4.98 Å². The number of carbonyl (C=O) groups excluding carboxylic acids is 1. The molecule has 1 N–H and O–H groups in total. The van der Waals surface area contributed by atoms with Crippen LogP contribution in [0.15, 0.2) is 12.5 Å². The van der Waals surface area contributed by atoms with E-state index < -0.39 is 0 Å². The molecule has 0 bridgehead atoms. The molecule has 84 valence electrons. The van der Waals surface area contributed by atoms with E-state index in [-0.39, 0.29) is 5.91 Å². The quantitative estimate of drug-likeness (QED) is 0.749. The second-order valence-corrected chi connectivity index (χ2v) is 3.58. The molecule has 0 unspecified atom stereocenters. The number of likely N-dealkylation sites (N-methyl/N-ethyl adjacent to an activating group) is 1. The van der Waals surface area contributed by atoms with Crippen LogP contribution in [-0.2, 0) is 17.9 Å². The first-order valence-electron chi connectivity index (χ1n) is 5.05. The predicted molar refractivity (Wildman–Crippen MR) is 58.3 cm³/mol. The number of carbonyl (C=O) groups is 1. The summed E-state index contributed by atoms with van der Waals surface area (Å²) in [5.41, 5.74) is 1.03.